The lowest BCUT2D eigenvalue weighted by Gasteiger charge is -2.22. The summed E-state index contributed by atoms with van der Waals surface area (Å²) in [4.78, 5) is 12.1. The number of carbonyl (C=O) groups is 1. The molecule has 8 heteroatoms. The molecular weight excluding hydrogens is 384 g/mol. The van der Waals surface area contributed by atoms with Crippen LogP contribution in [-0.2, 0) is 9.53 Å². The van der Waals surface area contributed by atoms with Crippen molar-refractivity contribution >= 4 is 39.3 Å². The second kappa shape index (κ2) is 7.44. The molecule has 0 spiro atoms. The van der Waals surface area contributed by atoms with Crippen LogP contribution in [0.3, 0.4) is 0 Å². The smallest absolute Gasteiger partial charge is 0.227 e. The van der Waals surface area contributed by atoms with Gasteiger partial charge < -0.3 is 15.4 Å². The van der Waals surface area contributed by atoms with E-state index in [9.17, 15) is 4.79 Å². The van der Waals surface area contributed by atoms with Crippen molar-refractivity contribution in [1.82, 2.24) is 15.5 Å². The van der Waals surface area contributed by atoms with Crippen LogP contribution in [0.1, 0.15) is 6.42 Å². The molecule has 1 fully saturated rings. The number of nitrogens with zero attached hydrogens (tertiary/aromatic N) is 1. The normalized spacial score (nSPS) is 17.9. The fraction of sp³-hybridized carbons (Fsp3) is 0.333. The molecule has 1 aliphatic heterocycles. The average Bonchev–Trinajstić information content (AvgIpc) is 2.98. The van der Waals surface area contributed by atoms with Crippen LogP contribution in [0.5, 0.6) is 0 Å². The molecule has 23 heavy (non-hydrogen) atoms. The maximum atomic E-state index is 12.1. The first-order chi connectivity index (χ1) is 11.1. The lowest BCUT2D eigenvalue weighted by Crippen LogP contribution is -2.43. The summed E-state index contributed by atoms with van der Waals surface area (Å²) < 4.78 is 6.25. The molecule has 2 aromatic rings. The molecule has 6 nitrogen and oxygen atoms in total. The van der Waals surface area contributed by atoms with Crippen molar-refractivity contribution in [3.8, 4) is 11.3 Å². The third-order valence-corrected chi connectivity index (χ3v) is 4.32. The molecule has 2 heterocycles. The monoisotopic (exact) mass is 398 g/mol. The Balaban J connectivity index is 1.64. The minimum atomic E-state index is -0.105. The van der Waals surface area contributed by atoms with Crippen LogP contribution in [0.2, 0.25) is 5.02 Å². The topological polar surface area (TPSA) is 79.0 Å². The van der Waals surface area contributed by atoms with Gasteiger partial charge in [-0.2, -0.15) is 5.10 Å². The van der Waals surface area contributed by atoms with Crippen LogP contribution >= 0.6 is 27.5 Å². The number of nitrogens with one attached hydrogen (secondary N) is 3. The quantitative estimate of drug-likeness (QED) is 0.739. The van der Waals surface area contributed by atoms with Gasteiger partial charge in [0.15, 0.2) is 5.82 Å². The van der Waals surface area contributed by atoms with Crippen molar-refractivity contribution in [2.24, 2.45) is 0 Å². The summed E-state index contributed by atoms with van der Waals surface area (Å²) in [6.07, 6.45) is 0.347. The maximum Gasteiger partial charge on any atom is 0.227 e. The average molecular weight is 400 g/mol. The van der Waals surface area contributed by atoms with Crippen molar-refractivity contribution < 1.29 is 9.53 Å². The molecule has 1 aliphatic rings. The Bertz CT molecular complexity index is 701. The number of amides is 1. The van der Waals surface area contributed by atoms with Gasteiger partial charge >= 0.3 is 0 Å². The van der Waals surface area contributed by atoms with Crippen LogP contribution in [0.15, 0.2) is 28.7 Å². The second-order valence-corrected chi connectivity index (χ2v) is 6.59. The highest BCUT2D eigenvalue weighted by atomic mass is 79.9. The van der Waals surface area contributed by atoms with Crippen molar-refractivity contribution in [3.63, 3.8) is 0 Å². The van der Waals surface area contributed by atoms with Crippen LogP contribution in [0, 0.1) is 0 Å². The van der Waals surface area contributed by atoms with E-state index in [0.717, 1.165) is 22.3 Å². The molecule has 1 unspecified atom stereocenters. The van der Waals surface area contributed by atoms with E-state index in [2.05, 4.69) is 36.8 Å². The lowest BCUT2D eigenvalue weighted by atomic mass is 10.1. The summed E-state index contributed by atoms with van der Waals surface area (Å²) in [7, 11) is 0. The zero-order valence-electron chi connectivity index (χ0n) is 12.2. The van der Waals surface area contributed by atoms with E-state index in [0.29, 0.717) is 30.5 Å². The Morgan fingerprint density at radius 2 is 2.35 bits per heavy atom. The Morgan fingerprint density at radius 1 is 1.48 bits per heavy atom. The van der Waals surface area contributed by atoms with E-state index >= 15 is 0 Å². The molecule has 0 radical (unpaired) electrons. The molecule has 3 N–H and O–H groups in total. The van der Waals surface area contributed by atoms with Gasteiger partial charge in [0, 0.05) is 35.1 Å². The van der Waals surface area contributed by atoms with Gasteiger partial charge in [-0.1, -0.05) is 27.5 Å². The fourth-order valence-electron chi connectivity index (χ4n) is 2.40. The molecule has 122 valence electrons. The van der Waals surface area contributed by atoms with Crippen LogP contribution in [0.4, 0.5) is 5.82 Å². The Labute approximate surface area is 147 Å². The Morgan fingerprint density at radius 3 is 3.13 bits per heavy atom. The number of aromatic nitrogens is 2. The van der Waals surface area contributed by atoms with Gasteiger partial charge in [-0.3, -0.25) is 9.89 Å². The van der Waals surface area contributed by atoms with Crippen LogP contribution < -0.4 is 10.6 Å². The molecular formula is C15H16BrClN4O2. The number of carbonyl (C=O) groups excluding carboxylic acids is 1. The minimum absolute atomic E-state index is 0.0432. The number of anilines is 1. The number of halogens is 2. The highest BCUT2D eigenvalue weighted by molar-refractivity contribution is 9.10. The Hall–Kier alpha value is -1.41. The van der Waals surface area contributed by atoms with Crippen molar-refractivity contribution in [2.75, 3.05) is 25.1 Å². The van der Waals surface area contributed by atoms with E-state index in [1.165, 1.54) is 0 Å². The predicted octanol–water partition coefficient (Wildman–Crippen LogP) is 2.81. The third-order valence-electron chi connectivity index (χ3n) is 3.49. The molecule has 1 aromatic carbocycles. The highest BCUT2D eigenvalue weighted by Crippen LogP contribution is 2.30. The molecule has 0 bridgehead atoms. The molecule has 1 amide bonds. The molecule has 1 saturated heterocycles. The first-order valence-corrected chi connectivity index (χ1v) is 8.41. The Kier molecular flexibility index (Phi) is 5.32. The summed E-state index contributed by atoms with van der Waals surface area (Å²) in [5.74, 6) is 0.365. The number of morpholine rings is 1. The number of H-pyrrole nitrogens is 1. The van der Waals surface area contributed by atoms with E-state index in [1.807, 2.05) is 12.1 Å². The van der Waals surface area contributed by atoms with Crippen molar-refractivity contribution in [3.05, 3.63) is 33.8 Å². The maximum absolute atomic E-state index is 12.1. The number of hydrogen-bond acceptors (Lipinski definition) is 4. The van der Waals surface area contributed by atoms with Crippen molar-refractivity contribution in [1.29, 1.82) is 0 Å². The van der Waals surface area contributed by atoms with Gasteiger partial charge in [-0.25, -0.2) is 0 Å². The molecule has 3 rings (SSSR count). The van der Waals surface area contributed by atoms with Crippen LogP contribution in [-0.4, -0.2) is 41.9 Å². The van der Waals surface area contributed by atoms with E-state index in [-0.39, 0.29) is 11.9 Å². The van der Waals surface area contributed by atoms with Gasteiger partial charge in [-0.15, -0.1) is 0 Å². The zero-order chi connectivity index (χ0) is 16.2. The molecule has 0 saturated carbocycles. The van der Waals surface area contributed by atoms with E-state index in [1.54, 1.807) is 12.1 Å². The lowest BCUT2D eigenvalue weighted by molar-refractivity contribution is -0.117. The van der Waals surface area contributed by atoms with Gasteiger partial charge in [0.2, 0.25) is 5.91 Å². The first-order valence-electron chi connectivity index (χ1n) is 7.23. The SMILES string of the molecule is O=C(CC1COCCN1)Nc1cc(-c2cc(Br)ccc2Cl)[nH]n1. The largest absolute Gasteiger partial charge is 0.378 e. The summed E-state index contributed by atoms with van der Waals surface area (Å²) in [6, 6.07) is 7.36. The molecule has 1 aromatic heterocycles. The molecule has 1 atom stereocenters. The van der Waals surface area contributed by atoms with Gasteiger partial charge in [0.25, 0.3) is 0 Å². The minimum Gasteiger partial charge on any atom is -0.378 e. The second-order valence-electron chi connectivity index (χ2n) is 5.27. The predicted molar refractivity (Wildman–Crippen MR) is 92.6 cm³/mol. The number of hydrogen-bond donors (Lipinski definition) is 3. The standard InChI is InChI=1S/C15H16BrClN4O2/c16-9-1-2-12(17)11(5-9)13-7-14(21-20-13)19-15(22)6-10-8-23-4-3-18-10/h1-2,5,7,10,18H,3-4,6,8H2,(H2,19,20,21,22). The summed E-state index contributed by atoms with van der Waals surface area (Å²) in [6.45, 7) is 2.01. The van der Waals surface area contributed by atoms with Gasteiger partial charge in [-0.05, 0) is 18.2 Å². The number of benzene rings is 1. The zero-order valence-corrected chi connectivity index (χ0v) is 14.6. The third kappa shape index (κ3) is 4.32. The first kappa shape index (κ1) is 16.4. The van der Waals surface area contributed by atoms with Crippen molar-refractivity contribution in [2.45, 2.75) is 12.5 Å². The summed E-state index contributed by atoms with van der Waals surface area (Å²) in [5, 5.41) is 13.6. The van der Waals surface area contributed by atoms with E-state index < -0.39 is 0 Å². The number of aromatic amines is 1. The molecule has 0 aliphatic carbocycles. The van der Waals surface area contributed by atoms with Crippen LogP contribution in [0.25, 0.3) is 11.3 Å². The summed E-state index contributed by atoms with van der Waals surface area (Å²) in [5.41, 5.74) is 1.56. The number of ether oxygens (including phenoxy) is 1. The fourth-order valence-corrected chi connectivity index (χ4v) is 2.98. The summed E-state index contributed by atoms with van der Waals surface area (Å²) >= 11 is 9.61. The highest BCUT2D eigenvalue weighted by Gasteiger charge is 2.17. The number of rotatable bonds is 4. The van der Waals surface area contributed by atoms with Gasteiger partial charge in [0.1, 0.15) is 0 Å². The van der Waals surface area contributed by atoms with Gasteiger partial charge in [0.05, 0.1) is 23.9 Å². The van der Waals surface area contributed by atoms with E-state index in [4.69, 9.17) is 16.3 Å².